The maximum Gasteiger partial charge on any atom is 0.387 e. The summed E-state index contributed by atoms with van der Waals surface area (Å²) in [5, 5.41) is 0. The van der Waals surface area contributed by atoms with Gasteiger partial charge in [-0.3, -0.25) is 4.79 Å². The molecule has 0 aliphatic rings. The Morgan fingerprint density at radius 3 is 2.50 bits per heavy atom. The number of ether oxygens (including phenoxy) is 1. The highest BCUT2D eigenvalue weighted by Gasteiger charge is 2.24. The predicted octanol–water partition coefficient (Wildman–Crippen LogP) is 0.990. The van der Waals surface area contributed by atoms with Gasteiger partial charge in [-0.1, -0.05) is 30.3 Å². The molecule has 1 aromatic carbocycles. The fourth-order valence-corrected chi connectivity index (χ4v) is 0.982. The third-order valence-corrected chi connectivity index (χ3v) is 1.88. The second kappa shape index (κ2) is 5.58. The highest BCUT2D eigenvalue weighted by molar-refractivity contribution is 6.61. The molecule has 0 atom stereocenters. The third-order valence-electron chi connectivity index (χ3n) is 1.88. The maximum absolute atomic E-state index is 11.2. The quantitative estimate of drug-likeness (QED) is 0.248. The van der Waals surface area contributed by atoms with E-state index in [2.05, 4.69) is 4.79 Å². The number of benzene rings is 1. The lowest BCUT2D eigenvalue weighted by Crippen LogP contribution is -2.24. The van der Waals surface area contributed by atoms with Gasteiger partial charge in [-0.05, 0) is 5.56 Å². The van der Waals surface area contributed by atoms with Crippen LogP contribution in [-0.2, 0) is 20.9 Å². The number of hydrogen-bond donors (Lipinski definition) is 0. The van der Waals surface area contributed by atoms with E-state index in [9.17, 15) is 9.59 Å². The van der Waals surface area contributed by atoms with Crippen LogP contribution in [0, 0.1) is 0 Å². The third kappa shape index (κ3) is 3.15. The van der Waals surface area contributed by atoms with Gasteiger partial charge < -0.3 is 10.3 Å². The molecule has 1 aromatic rings. The van der Waals surface area contributed by atoms with Crippen LogP contribution in [0.15, 0.2) is 30.3 Å². The van der Waals surface area contributed by atoms with E-state index in [1.165, 1.54) is 6.92 Å². The Morgan fingerprint density at radius 2 is 1.94 bits per heavy atom. The Hall–Kier alpha value is -2.26. The van der Waals surface area contributed by atoms with Crippen molar-refractivity contribution >= 4 is 17.5 Å². The molecular formula is C11H10N2O3. The first-order valence-electron chi connectivity index (χ1n) is 4.59. The van der Waals surface area contributed by atoms with Crippen LogP contribution in [0.4, 0.5) is 0 Å². The van der Waals surface area contributed by atoms with E-state index in [1.807, 2.05) is 6.07 Å². The summed E-state index contributed by atoms with van der Waals surface area (Å²) >= 11 is 0. The molecule has 0 unspecified atom stereocenters. The van der Waals surface area contributed by atoms with Crippen LogP contribution in [0.2, 0.25) is 0 Å². The summed E-state index contributed by atoms with van der Waals surface area (Å²) in [6.07, 6.45) is 0. The molecule has 5 nitrogen and oxygen atoms in total. The fourth-order valence-electron chi connectivity index (χ4n) is 0.982. The van der Waals surface area contributed by atoms with Crippen molar-refractivity contribution in [3.05, 3.63) is 41.4 Å². The zero-order valence-electron chi connectivity index (χ0n) is 8.71. The summed E-state index contributed by atoms with van der Waals surface area (Å²) in [6, 6.07) is 8.96. The number of nitrogens with zero attached hydrogens (tertiary/aromatic N) is 2. The first kappa shape index (κ1) is 11.8. The van der Waals surface area contributed by atoms with Gasteiger partial charge in [0.1, 0.15) is 6.61 Å². The van der Waals surface area contributed by atoms with Crippen molar-refractivity contribution in [2.24, 2.45) is 0 Å². The molecule has 16 heavy (non-hydrogen) atoms. The van der Waals surface area contributed by atoms with Crippen molar-refractivity contribution in [3.63, 3.8) is 0 Å². The average Bonchev–Trinajstić information content (AvgIpc) is 2.35. The Kier molecular flexibility index (Phi) is 4.12. The minimum Gasteiger partial charge on any atom is -0.455 e. The van der Waals surface area contributed by atoms with Crippen molar-refractivity contribution < 1.29 is 19.1 Å². The molecule has 82 valence electrons. The zero-order chi connectivity index (χ0) is 12.0. The lowest BCUT2D eigenvalue weighted by atomic mass is 10.2. The summed E-state index contributed by atoms with van der Waals surface area (Å²) in [7, 11) is 0. The Bertz CT molecular complexity index is 448. The van der Waals surface area contributed by atoms with Crippen LogP contribution in [0.5, 0.6) is 0 Å². The van der Waals surface area contributed by atoms with E-state index in [0.717, 1.165) is 5.56 Å². The van der Waals surface area contributed by atoms with Crippen molar-refractivity contribution in [1.29, 1.82) is 0 Å². The molecule has 0 radical (unpaired) electrons. The lowest BCUT2D eigenvalue weighted by molar-refractivity contribution is -0.153. The predicted molar refractivity (Wildman–Crippen MR) is 55.5 cm³/mol. The molecule has 0 saturated heterocycles. The first-order chi connectivity index (χ1) is 7.65. The van der Waals surface area contributed by atoms with Crippen LogP contribution in [0.1, 0.15) is 12.5 Å². The van der Waals surface area contributed by atoms with Gasteiger partial charge in [0.25, 0.3) is 0 Å². The van der Waals surface area contributed by atoms with Gasteiger partial charge >= 0.3 is 17.5 Å². The summed E-state index contributed by atoms with van der Waals surface area (Å²) < 4.78 is 4.73. The SMILES string of the molecule is CC(=[N+]=[N-])C(=O)C(=O)OCc1ccccc1. The van der Waals surface area contributed by atoms with Crippen LogP contribution in [-0.4, -0.2) is 22.3 Å². The smallest absolute Gasteiger partial charge is 0.387 e. The molecule has 0 heterocycles. The number of rotatable bonds is 4. The Morgan fingerprint density at radius 1 is 1.31 bits per heavy atom. The number of carbonyl (C=O) groups excluding carboxylic acids is 2. The van der Waals surface area contributed by atoms with Gasteiger partial charge in [-0.2, -0.15) is 4.79 Å². The van der Waals surface area contributed by atoms with Gasteiger partial charge in [-0.25, -0.2) is 4.79 Å². The van der Waals surface area contributed by atoms with Crippen LogP contribution in [0.3, 0.4) is 0 Å². The van der Waals surface area contributed by atoms with Crippen molar-refractivity contribution in [2.75, 3.05) is 0 Å². The minimum absolute atomic E-state index is 0.0180. The highest BCUT2D eigenvalue weighted by Crippen LogP contribution is 2.00. The molecular weight excluding hydrogens is 208 g/mol. The summed E-state index contributed by atoms with van der Waals surface area (Å²) in [4.78, 5) is 24.9. The Labute approximate surface area is 92.3 Å². The van der Waals surface area contributed by atoms with Gasteiger partial charge in [-0.15, -0.1) is 0 Å². The molecule has 0 aliphatic heterocycles. The Balaban J connectivity index is 2.54. The standard InChI is InChI=1S/C11H10N2O3/c1-8(13-12)10(14)11(15)16-7-9-5-3-2-4-6-9/h2-6H,7H2,1H3. The lowest BCUT2D eigenvalue weighted by Gasteiger charge is -2.01. The van der Waals surface area contributed by atoms with E-state index in [-0.39, 0.29) is 12.3 Å². The number of ketones is 1. The van der Waals surface area contributed by atoms with Gasteiger partial charge in [0.15, 0.2) is 0 Å². The average molecular weight is 218 g/mol. The number of hydrogen-bond acceptors (Lipinski definition) is 3. The van der Waals surface area contributed by atoms with E-state index in [4.69, 9.17) is 10.3 Å². The molecule has 0 amide bonds. The molecule has 0 spiro atoms. The molecule has 0 N–H and O–H groups in total. The van der Waals surface area contributed by atoms with Gasteiger partial charge in [0.05, 0.1) is 0 Å². The zero-order valence-corrected chi connectivity index (χ0v) is 8.71. The first-order valence-corrected chi connectivity index (χ1v) is 4.59. The van der Waals surface area contributed by atoms with E-state index >= 15 is 0 Å². The second-order valence-corrected chi connectivity index (χ2v) is 3.08. The summed E-state index contributed by atoms with van der Waals surface area (Å²) in [6.45, 7) is 1.25. The normalized spacial score (nSPS) is 9.06. The van der Waals surface area contributed by atoms with Gasteiger partial charge in [0.2, 0.25) is 0 Å². The summed E-state index contributed by atoms with van der Waals surface area (Å²) in [5.41, 5.74) is 8.79. The van der Waals surface area contributed by atoms with Crippen molar-refractivity contribution in [2.45, 2.75) is 13.5 Å². The number of esters is 1. The number of carbonyl (C=O) groups is 2. The molecule has 0 fully saturated rings. The van der Waals surface area contributed by atoms with E-state index in [1.54, 1.807) is 24.3 Å². The second-order valence-electron chi connectivity index (χ2n) is 3.08. The monoisotopic (exact) mass is 218 g/mol. The van der Waals surface area contributed by atoms with Crippen molar-refractivity contribution in [3.8, 4) is 0 Å². The van der Waals surface area contributed by atoms with Crippen LogP contribution in [0.25, 0.3) is 5.53 Å². The van der Waals surface area contributed by atoms with Crippen LogP contribution < -0.4 is 0 Å². The minimum atomic E-state index is -1.03. The largest absolute Gasteiger partial charge is 0.455 e. The highest BCUT2D eigenvalue weighted by atomic mass is 16.5. The summed E-state index contributed by atoms with van der Waals surface area (Å²) in [5.74, 6) is -1.97. The molecule has 0 bridgehead atoms. The molecule has 0 aromatic heterocycles. The fraction of sp³-hybridized carbons (Fsp3) is 0.182. The molecule has 0 aliphatic carbocycles. The topological polar surface area (TPSA) is 79.8 Å². The molecule has 5 heteroatoms. The maximum atomic E-state index is 11.2. The van der Waals surface area contributed by atoms with E-state index < -0.39 is 11.8 Å². The van der Waals surface area contributed by atoms with Crippen molar-refractivity contribution in [1.82, 2.24) is 0 Å². The molecule has 1 rings (SSSR count). The van der Waals surface area contributed by atoms with E-state index in [0.29, 0.717) is 0 Å². The molecule has 0 saturated carbocycles. The van der Waals surface area contributed by atoms with Crippen LogP contribution >= 0.6 is 0 Å². The number of Topliss-reactive ketones (excluding diaryl/α,β-unsaturated/α-hetero) is 1. The van der Waals surface area contributed by atoms with Gasteiger partial charge in [0, 0.05) is 6.92 Å².